The lowest BCUT2D eigenvalue weighted by molar-refractivity contribution is 1.12. The van der Waals surface area contributed by atoms with Crippen molar-refractivity contribution in [2.75, 3.05) is 24.3 Å². The number of thiophene rings is 1. The van der Waals surface area contributed by atoms with Gasteiger partial charge < -0.3 is 10.2 Å². The molecule has 6 heteroatoms. The van der Waals surface area contributed by atoms with Crippen LogP contribution < -0.4 is 10.2 Å². The fourth-order valence-electron chi connectivity index (χ4n) is 2.75. The Bertz CT molecular complexity index is 1030. The van der Waals surface area contributed by atoms with Gasteiger partial charge in [0.2, 0.25) is 0 Å². The van der Waals surface area contributed by atoms with Crippen molar-refractivity contribution < 1.29 is 0 Å². The highest BCUT2D eigenvalue weighted by Gasteiger charge is 2.12. The zero-order chi connectivity index (χ0) is 19.4. The van der Waals surface area contributed by atoms with Gasteiger partial charge >= 0.3 is 0 Å². The van der Waals surface area contributed by atoms with Crippen LogP contribution in [0.5, 0.6) is 0 Å². The SMILES string of the molecule is CC.Cc1csc(-c2cnc3c(Nc4cccc(N(C)C)c4)nccn23)c1. The normalized spacial score (nSPS) is 10.4. The Morgan fingerprint density at radius 3 is 2.63 bits per heavy atom. The molecule has 0 saturated carbocycles. The van der Waals surface area contributed by atoms with Gasteiger partial charge in [0.05, 0.1) is 16.8 Å². The van der Waals surface area contributed by atoms with Crippen LogP contribution in [0, 0.1) is 6.92 Å². The van der Waals surface area contributed by atoms with Crippen LogP contribution in [0.2, 0.25) is 0 Å². The molecule has 0 bridgehead atoms. The van der Waals surface area contributed by atoms with E-state index < -0.39 is 0 Å². The number of imidazole rings is 1. The van der Waals surface area contributed by atoms with Crippen LogP contribution in [0.15, 0.2) is 54.3 Å². The summed E-state index contributed by atoms with van der Waals surface area (Å²) in [6, 6.07) is 10.4. The predicted molar refractivity (Wildman–Crippen MR) is 116 cm³/mol. The predicted octanol–water partition coefficient (Wildman–Crippen LogP) is 5.60. The smallest absolute Gasteiger partial charge is 0.180 e. The van der Waals surface area contributed by atoms with Crippen molar-refractivity contribution in [2.45, 2.75) is 20.8 Å². The van der Waals surface area contributed by atoms with Crippen molar-refractivity contribution in [3.8, 4) is 10.6 Å². The lowest BCUT2D eigenvalue weighted by Gasteiger charge is -2.14. The van der Waals surface area contributed by atoms with Gasteiger partial charge in [-0.2, -0.15) is 0 Å². The quantitative estimate of drug-likeness (QED) is 0.501. The van der Waals surface area contributed by atoms with Gasteiger partial charge in [-0.25, -0.2) is 9.97 Å². The molecule has 0 fully saturated rings. The molecule has 0 amide bonds. The molecule has 1 aromatic carbocycles. The lowest BCUT2D eigenvalue weighted by atomic mass is 10.2. The van der Waals surface area contributed by atoms with Crippen molar-refractivity contribution in [2.24, 2.45) is 0 Å². The summed E-state index contributed by atoms with van der Waals surface area (Å²) >= 11 is 1.73. The van der Waals surface area contributed by atoms with Gasteiger partial charge in [0.25, 0.3) is 0 Å². The van der Waals surface area contributed by atoms with Crippen LogP contribution in [0.3, 0.4) is 0 Å². The third kappa shape index (κ3) is 3.95. The van der Waals surface area contributed by atoms with Crippen LogP contribution >= 0.6 is 11.3 Å². The minimum atomic E-state index is 0.748. The maximum atomic E-state index is 4.59. The molecule has 0 aliphatic carbocycles. The highest BCUT2D eigenvalue weighted by atomic mass is 32.1. The van der Waals surface area contributed by atoms with E-state index in [0.717, 1.165) is 28.5 Å². The molecule has 3 heterocycles. The number of aromatic nitrogens is 3. The minimum Gasteiger partial charge on any atom is -0.378 e. The number of rotatable bonds is 4. The summed E-state index contributed by atoms with van der Waals surface area (Å²) in [6.45, 7) is 6.11. The highest BCUT2D eigenvalue weighted by molar-refractivity contribution is 7.13. The van der Waals surface area contributed by atoms with Crippen molar-refractivity contribution in [3.05, 3.63) is 59.9 Å². The number of benzene rings is 1. The summed E-state index contributed by atoms with van der Waals surface area (Å²) in [7, 11) is 4.06. The molecule has 0 radical (unpaired) electrons. The standard InChI is InChI=1S/C19H19N5S.C2H6/c1-13-9-17(25-12-13)16-11-21-19-18(20-7-8-24(16)19)22-14-5-4-6-15(10-14)23(2)3;1-2/h4-12H,1-3H3,(H,20,22);1-2H3. The van der Waals surface area contributed by atoms with Gasteiger partial charge in [0, 0.05) is 37.9 Å². The molecule has 0 atom stereocenters. The van der Waals surface area contributed by atoms with Gasteiger partial charge in [-0.05, 0) is 42.1 Å². The van der Waals surface area contributed by atoms with E-state index in [0.29, 0.717) is 0 Å². The topological polar surface area (TPSA) is 45.5 Å². The van der Waals surface area contributed by atoms with Crippen LogP contribution in [0.4, 0.5) is 17.2 Å². The van der Waals surface area contributed by atoms with E-state index >= 15 is 0 Å². The van der Waals surface area contributed by atoms with Crippen molar-refractivity contribution >= 4 is 34.2 Å². The summed E-state index contributed by atoms with van der Waals surface area (Å²) in [5, 5.41) is 5.55. The van der Waals surface area contributed by atoms with Crippen molar-refractivity contribution in [1.82, 2.24) is 14.4 Å². The number of hydrogen-bond donors (Lipinski definition) is 1. The molecule has 0 saturated heterocycles. The van der Waals surface area contributed by atoms with Gasteiger partial charge in [0.1, 0.15) is 0 Å². The summed E-state index contributed by atoms with van der Waals surface area (Å²) < 4.78 is 2.08. The fraction of sp³-hybridized carbons (Fsp3) is 0.238. The molecule has 3 aromatic heterocycles. The van der Waals surface area contributed by atoms with E-state index in [1.807, 2.05) is 52.5 Å². The molecular weight excluding hydrogens is 354 g/mol. The van der Waals surface area contributed by atoms with E-state index in [4.69, 9.17) is 0 Å². The Kier molecular flexibility index (Phi) is 5.76. The first kappa shape index (κ1) is 18.9. The van der Waals surface area contributed by atoms with Gasteiger partial charge in [0.15, 0.2) is 11.5 Å². The Balaban J connectivity index is 0.00000102. The largest absolute Gasteiger partial charge is 0.378 e. The summed E-state index contributed by atoms with van der Waals surface area (Å²) in [6.07, 6.45) is 5.66. The molecule has 4 aromatic rings. The fourth-order valence-corrected chi connectivity index (χ4v) is 3.66. The monoisotopic (exact) mass is 379 g/mol. The first-order valence-electron chi connectivity index (χ1n) is 9.04. The first-order chi connectivity index (χ1) is 13.1. The zero-order valence-corrected chi connectivity index (χ0v) is 17.2. The van der Waals surface area contributed by atoms with Gasteiger partial charge in [-0.15, -0.1) is 11.3 Å². The molecule has 4 rings (SSSR count). The molecule has 1 N–H and O–H groups in total. The van der Waals surface area contributed by atoms with Crippen LogP contribution in [-0.2, 0) is 0 Å². The summed E-state index contributed by atoms with van der Waals surface area (Å²) in [5.74, 6) is 0.748. The molecule has 5 nitrogen and oxygen atoms in total. The first-order valence-corrected chi connectivity index (χ1v) is 9.92. The van der Waals surface area contributed by atoms with E-state index in [1.165, 1.54) is 10.4 Å². The molecule has 0 aliphatic rings. The van der Waals surface area contributed by atoms with Crippen LogP contribution in [-0.4, -0.2) is 28.5 Å². The van der Waals surface area contributed by atoms with Gasteiger partial charge in [-0.1, -0.05) is 19.9 Å². The maximum absolute atomic E-state index is 4.59. The highest BCUT2D eigenvalue weighted by Crippen LogP contribution is 2.30. The third-order valence-corrected chi connectivity index (χ3v) is 5.11. The van der Waals surface area contributed by atoms with Crippen LogP contribution in [0.25, 0.3) is 16.2 Å². The molecule has 0 unspecified atom stereocenters. The Morgan fingerprint density at radius 2 is 1.93 bits per heavy atom. The van der Waals surface area contributed by atoms with E-state index in [-0.39, 0.29) is 0 Å². The van der Waals surface area contributed by atoms with E-state index in [9.17, 15) is 0 Å². The second-order valence-corrected chi connectivity index (χ2v) is 7.08. The Morgan fingerprint density at radius 1 is 1.11 bits per heavy atom. The molecule has 0 spiro atoms. The summed E-state index contributed by atoms with van der Waals surface area (Å²) in [5.41, 5.74) is 5.29. The third-order valence-electron chi connectivity index (χ3n) is 4.04. The maximum Gasteiger partial charge on any atom is 0.180 e. The minimum absolute atomic E-state index is 0.748. The molecule has 140 valence electrons. The average molecular weight is 380 g/mol. The molecular formula is C21H25N5S. The lowest BCUT2D eigenvalue weighted by Crippen LogP contribution is -2.08. The summed E-state index contributed by atoms with van der Waals surface area (Å²) in [4.78, 5) is 12.4. The number of nitrogens with one attached hydrogen (secondary N) is 1. The second kappa shape index (κ2) is 8.22. The molecule has 0 aliphatic heterocycles. The number of aryl methyl sites for hydroxylation is 1. The van der Waals surface area contributed by atoms with Crippen LogP contribution in [0.1, 0.15) is 19.4 Å². The average Bonchev–Trinajstić information content (AvgIpc) is 3.30. The van der Waals surface area contributed by atoms with Crippen molar-refractivity contribution in [1.29, 1.82) is 0 Å². The van der Waals surface area contributed by atoms with Crippen molar-refractivity contribution in [3.63, 3.8) is 0 Å². The second-order valence-electron chi connectivity index (χ2n) is 6.17. The Hall–Kier alpha value is -2.86. The molecule has 27 heavy (non-hydrogen) atoms. The van der Waals surface area contributed by atoms with E-state index in [2.05, 4.69) is 55.1 Å². The number of fused-ring (bicyclic) bond motifs is 1. The van der Waals surface area contributed by atoms with Gasteiger partial charge in [-0.3, -0.25) is 4.40 Å². The number of anilines is 3. The van der Waals surface area contributed by atoms with E-state index in [1.54, 1.807) is 17.5 Å². The zero-order valence-electron chi connectivity index (χ0n) is 16.4. The number of nitrogens with zero attached hydrogens (tertiary/aromatic N) is 4. The number of hydrogen-bond acceptors (Lipinski definition) is 5. The Labute approximate surface area is 164 Å².